The number of hydrogen-bond acceptors (Lipinski definition) is 1. The van der Waals surface area contributed by atoms with Gasteiger partial charge in [0, 0.05) is 22.2 Å². The summed E-state index contributed by atoms with van der Waals surface area (Å²) in [6.07, 6.45) is 0. The number of para-hydroxylation sites is 2. The van der Waals surface area contributed by atoms with Gasteiger partial charge in [0.1, 0.15) is 0 Å². The van der Waals surface area contributed by atoms with Crippen molar-refractivity contribution in [3.8, 4) is 11.3 Å². The summed E-state index contributed by atoms with van der Waals surface area (Å²) in [5.74, 6) is 0. The van der Waals surface area contributed by atoms with Crippen LogP contribution in [0.25, 0.3) is 22.2 Å². The molecule has 0 radical (unpaired) electrons. The van der Waals surface area contributed by atoms with Crippen molar-refractivity contribution in [1.29, 1.82) is 0 Å². The number of aromatic amines is 1. The maximum Gasteiger partial charge on any atom is 0.0715 e. The highest BCUT2D eigenvalue weighted by Gasteiger charge is 2.06. The first-order valence-electron chi connectivity index (χ1n) is 5.52. The second-order valence-electron chi connectivity index (χ2n) is 3.95. The van der Waals surface area contributed by atoms with Crippen LogP contribution in [0.4, 0.5) is 5.69 Å². The van der Waals surface area contributed by atoms with Gasteiger partial charge in [0.15, 0.2) is 0 Å². The number of benzene rings is 2. The van der Waals surface area contributed by atoms with Gasteiger partial charge in [-0.3, -0.25) is 4.99 Å². The number of nitrogens with one attached hydrogen (secondary N) is 1. The van der Waals surface area contributed by atoms with Crippen molar-refractivity contribution in [3.05, 3.63) is 54.6 Å². The largest absolute Gasteiger partial charge is 0.354 e. The normalized spacial score (nSPS) is 10.6. The fourth-order valence-corrected chi connectivity index (χ4v) is 2.06. The number of hydrogen-bond donors (Lipinski definition) is 1. The van der Waals surface area contributed by atoms with E-state index in [9.17, 15) is 0 Å². The van der Waals surface area contributed by atoms with Crippen LogP contribution in [0.1, 0.15) is 0 Å². The van der Waals surface area contributed by atoms with Gasteiger partial charge < -0.3 is 4.98 Å². The lowest BCUT2D eigenvalue weighted by molar-refractivity contribution is 1.43. The molecule has 2 nitrogen and oxygen atoms in total. The minimum absolute atomic E-state index is 0.902. The van der Waals surface area contributed by atoms with Gasteiger partial charge >= 0.3 is 0 Å². The molecule has 0 bridgehead atoms. The lowest BCUT2D eigenvalue weighted by Gasteiger charge is -2.01. The highest BCUT2D eigenvalue weighted by Crippen LogP contribution is 2.31. The summed E-state index contributed by atoms with van der Waals surface area (Å²) in [6.45, 7) is 3.61. The molecule has 0 aliphatic carbocycles. The van der Waals surface area contributed by atoms with E-state index in [1.54, 1.807) is 0 Å². The lowest BCUT2D eigenvalue weighted by Crippen LogP contribution is -1.77. The third-order valence-electron chi connectivity index (χ3n) is 2.89. The molecule has 0 spiro atoms. The molecule has 82 valence electrons. The molecule has 0 saturated heterocycles. The Bertz CT molecular complexity index is 647. The molecule has 3 rings (SSSR count). The monoisotopic (exact) mass is 220 g/mol. The fourth-order valence-electron chi connectivity index (χ4n) is 2.06. The smallest absolute Gasteiger partial charge is 0.0715 e. The molecule has 0 unspecified atom stereocenters. The molecule has 2 aromatic carbocycles. The Morgan fingerprint density at radius 1 is 0.941 bits per heavy atom. The zero-order valence-corrected chi connectivity index (χ0v) is 9.35. The predicted octanol–water partition coefficient (Wildman–Crippen LogP) is 4.17. The summed E-state index contributed by atoms with van der Waals surface area (Å²) in [4.78, 5) is 7.45. The minimum atomic E-state index is 0.902. The van der Waals surface area contributed by atoms with Gasteiger partial charge in [-0.15, -0.1) is 0 Å². The molecule has 2 heteroatoms. The average molecular weight is 220 g/mol. The van der Waals surface area contributed by atoms with Gasteiger partial charge in [0.2, 0.25) is 0 Å². The second kappa shape index (κ2) is 3.91. The van der Waals surface area contributed by atoms with Crippen LogP contribution in [0.15, 0.2) is 59.6 Å². The van der Waals surface area contributed by atoms with Crippen molar-refractivity contribution >= 4 is 23.3 Å². The topological polar surface area (TPSA) is 28.1 Å². The number of aromatic nitrogens is 1. The first-order valence-corrected chi connectivity index (χ1v) is 5.52. The van der Waals surface area contributed by atoms with E-state index >= 15 is 0 Å². The van der Waals surface area contributed by atoms with Crippen molar-refractivity contribution in [2.24, 2.45) is 4.99 Å². The van der Waals surface area contributed by atoms with Crippen LogP contribution in [0.3, 0.4) is 0 Å². The van der Waals surface area contributed by atoms with E-state index in [0.29, 0.717) is 0 Å². The van der Waals surface area contributed by atoms with Crippen molar-refractivity contribution in [2.45, 2.75) is 0 Å². The maximum atomic E-state index is 4.05. The fraction of sp³-hybridized carbons (Fsp3) is 0. The standard InChI is InChI=1S/C15H12N2/c1-16-14-9-5-3-7-12(14)15-10-11-6-2-4-8-13(11)17-15/h2-10,17H,1H2. The average Bonchev–Trinajstić information content (AvgIpc) is 2.82. The van der Waals surface area contributed by atoms with Crippen molar-refractivity contribution < 1.29 is 0 Å². The summed E-state index contributed by atoms with van der Waals surface area (Å²) in [5, 5.41) is 1.21. The SMILES string of the molecule is C=Nc1ccccc1-c1cc2ccccc2[nH]1. The van der Waals surface area contributed by atoms with E-state index in [1.165, 1.54) is 5.39 Å². The quantitative estimate of drug-likeness (QED) is 0.628. The molecule has 0 saturated carbocycles. The highest BCUT2D eigenvalue weighted by molar-refractivity contribution is 5.88. The molecule has 0 atom stereocenters. The van der Waals surface area contributed by atoms with Crippen molar-refractivity contribution in [1.82, 2.24) is 4.98 Å². The molecule has 1 N–H and O–H groups in total. The lowest BCUT2D eigenvalue weighted by atomic mass is 10.1. The Morgan fingerprint density at radius 2 is 1.71 bits per heavy atom. The zero-order chi connectivity index (χ0) is 11.7. The van der Waals surface area contributed by atoms with E-state index in [0.717, 1.165) is 22.5 Å². The summed E-state index contributed by atoms with van der Waals surface area (Å²) in [7, 11) is 0. The molecule has 1 aromatic heterocycles. The first kappa shape index (κ1) is 9.85. The Labute approximate surface area is 99.6 Å². The Balaban J connectivity index is 2.23. The van der Waals surface area contributed by atoms with Crippen LogP contribution in [0, 0.1) is 0 Å². The van der Waals surface area contributed by atoms with Gasteiger partial charge in [-0.05, 0) is 24.9 Å². The van der Waals surface area contributed by atoms with E-state index in [-0.39, 0.29) is 0 Å². The number of H-pyrrole nitrogens is 1. The van der Waals surface area contributed by atoms with Gasteiger partial charge in [-0.2, -0.15) is 0 Å². The third-order valence-corrected chi connectivity index (χ3v) is 2.89. The van der Waals surface area contributed by atoms with Crippen LogP contribution in [0.5, 0.6) is 0 Å². The molecule has 0 amide bonds. The van der Waals surface area contributed by atoms with E-state index in [1.807, 2.05) is 30.3 Å². The van der Waals surface area contributed by atoms with E-state index < -0.39 is 0 Å². The molecule has 0 aliphatic heterocycles. The van der Waals surface area contributed by atoms with Crippen molar-refractivity contribution in [3.63, 3.8) is 0 Å². The summed E-state index contributed by atoms with van der Waals surface area (Å²) in [5.41, 5.74) is 4.20. The van der Waals surface area contributed by atoms with Crippen LogP contribution in [-0.4, -0.2) is 11.7 Å². The minimum Gasteiger partial charge on any atom is -0.354 e. The first-order chi connectivity index (χ1) is 8.38. The van der Waals surface area contributed by atoms with Gasteiger partial charge in [-0.25, -0.2) is 0 Å². The summed E-state index contributed by atoms with van der Waals surface area (Å²) >= 11 is 0. The molecular weight excluding hydrogens is 208 g/mol. The van der Waals surface area contributed by atoms with E-state index in [2.05, 4.69) is 41.0 Å². The summed E-state index contributed by atoms with van der Waals surface area (Å²) < 4.78 is 0. The Hall–Kier alpha value is -2.35. The molecule has 0 aliphatic rings. The number of aliphatic imine (C=N–C) groups is 1. The second-order valence-corrected chi connectivity index (χ2v) is 3.95. The maximum absolute atomic E-state index is 4.05. The van der Waals surface area contributed by atoms with Crippen LogP contribution < -0.4 is 0 Å². The number of fused-ring (bicyclic) bond motifs is 1. The highest BCUT2D eigenvalue weighted by atomic mass is 14.7. The van der Waals surface area contributed by atoms with Crippen LogP contribution in [0.2, 0.25) is 0 Å². The Morgan fingerprint density at radius 3 is 2.53 bits per heavy atom. The van der Waals surface area contributed by atoms with Gasteiger partial charge in [-0.1, -0.05) is 36.4 Å². The van der Waals surface area contributed by atoms with Crippen molar-refractivity contribution in [2.75, 3.05) is 0 Å². The van der Waals surface area contributed by atoms with E-state index in [4.69, 9.17) is 0 Å². The molecule has 3 aromatic rings. The van der Waals surface area contributed by atoms with Crippen LogP contribution in [-0.2, 0) is 0 Å². The Kier molecular flexibility index (Phi) is 2.26. The zero-order valence-electron chi connectivity index (χ0n) is 9.35. The third kappa shape index (κ3) is 1.64. The van der Waals surface area contributed by atoms with Crippen LogP contribution >= 0.6 is 0 Å². The molecule has 1 heterocycles. The molecular formula is C15H12N2. The number of nitrogens with zero attached hydrogens (tertiary/aromatic N) is 1. The number of rotatable bonds is 2. The summed E-state index contributed by atoms with van der Waals surface area (Å²) in [6, 6.07) is 18.4. The van der Waals surface area contributed by atoms with Gasteiger partial charge in [0.25, 0.3) is 0 Å². The molecule has 17 heavy (non-hydrogen) atoms. The molecule has 0 fully saturated rings. The van der Waals surface area contributed by atoms with Gasteiger partial charge in [0.05, 0.1) is 5.69 Å². The predicted molar refractivity (Wildman–Crippen MR) is 72.9 cm³/mol.